The van der Waals surface area contributed by atoms with Crippen molar-refractivity contribution in [3.8, 4) is 0 Å². The van der Waals surface area contributed by atoms with Crippen molar-refractivity contribution in [2.75, 3.05) is 13.4 Å². The van der Waals surface area contributed by atoms with Gasteiger partial charge in [-0.2, -0.15) is 0 Å². The molecule has 1 fully saturated rings. The molecule has 1 aliphatic rings. The minimum atomic E-state index is 0.504. The highest BCUT2D eigenvalue weighted by atomic mass is 32.2. The molecule has 0 bridgehead atoms. The van der Waals surface area contributed by atoms with E-state index in [1.165, 1.54) is 19.3 Å². The van der Waals surface area contributed by atoms with E-state index in [1.54, 1.807) is 19.1 Å². The molecular formula is C7H15NOS. The molecule has 0 radical (unpaired) electrons. The largest absolute Gasteiger partial charge is 0.381 e. The fourth-order valence-corrected chi connectivity index (χ4v) is 1.98. The second-order valence-corrected chi connectivity index (χ2v) is 3.33. The van der Waals surface area contributed by atoms with Gasteiger partial charge in [0.1, 0.15) is 0 Å². The third kappa shape index (κ3) is 2.15. The SMILES string of the molecule is COC1CCC(NSC)C1. The normalized spacial score (nSPS) is 33.0. The van der Waals surface area contributed by atoms with Crippen molar-refractivity contribution in [1.29, 1.82) is 0 Å². The van der Waals surface area contributed by atoms with Crippen LogP contribution in [0.25, 0.3) is 0 Å². The molecule has 60 valence electrons. The van der Waals surface area contributed by atoms with E-state index in [9.17, 15) is 0 Å². The van der Waals surface area contributed by atoms with Crippen LogP contribution >= 0.6 is 11.9 Å². The van der Waals surface area contributed by atoms with Gasteiger partial charge in [0.25, 0.3) is 0 Å². The van der Waals surface area contributed by atoms with Crippen molar-refractivity contribution in [3.63, 3.8) is 0 Å². The molecule has 2 atom stereocenters. The monoisotopic (exact) mass is 161 g/mol. The van der Waals surface area contributed by atoms with Crippen LogP contribution < -0.4 is 4.72 Å². The maximum absolute atomic E-state index is 5.24. The van der Waals surface area contributed by atoms with Gasteiger partial charge >= 0.3 is 0 Å². The van der Waals surface area contributed by atoms with Crippen LogP contribution in [-0.2, 0) is 4.74 Å². The molecule has 3 heteroatoms. The van der Waals surface area contributed by atoms with Crippen molar-refractivity contribution in [1.82, 2.24) is 4.72 Å². The zero-order valence-corrected chi connectivity index (χ0v) is 7.41. The third-order valence-corrected chi connectivity index (χ3v) is 2.57. The Bertz CT molecular complexity index is 99.6. The molecule has 0 heterocycles. The van der Waals surface area contributed by atoms with Crippen LogP contribution in [-0.4, -0.2) is 25.5 Å². The van der Waals surface area contributed by atoms with Crippen molar-refractivity contribution >= 4 is 11.9 Å². The molecule has 10 heavy (non-hydrogen) atoms. The smallest absolute Gasteiger partial charge is 0.0587 e. The Balaban J connectivity index is 2.15. The lowest BCUT2D eigenvalue weighted by molar-refractivity contribution is 0.107. The van der Waals surface area contributed by atoms with Crippen LogP contribution in [0.1, 0.15) is 19.3 Å². The molecule has 0 aliphatic heterocycles. The van der Waals surface area contributed by atoms with Crippen LogP contribution in [0.15, 0.2) is 0 Å². The Kier molecular flexibility index (Phi) is 3.52. The van der Waals surface area contributed by atoms with Crippen LogP contribution in [0.5, 0.6) is 0 Å². The van der Waals surface area contributed by atoms with Gasteiger partial charge in [-0.1, -0.05) is 11.9 Å². The Morgan fingerprint density at radius 3 is 2.80 bits per heavy atom. The number of rotatable bonds is 3. The van der Waals surface area contributed by atoms with E-state index < -0.39 is 0 Å². The predicted molar refractivity (Wildman–Crippen MR) is 45.1 cm³/mol. The molecule has 1 aliphatic carbocycles. The van der Waals surface area contributed by atoms with E-state index in [4.69, 9.17) is 4.74 Å². The summed E-state index contributed by atoms with van der Waals surface area (Å²) in [7, 11) is 1.80. The summed E-state index contributed by atoms with van der Waals surface area (Å²) >= 11 is 1.71. The van der Waals surface area contributed by atoms with Crippen molar-refractivity contribution in [2.24, 2.45) is 0 Å². The lowest BCUT2D eigenvalue weighted by Crippen LogP contribution is -2.20. The van der Waals surface area contributed by atoms with Gasteiger partial charge in [0.05, 0.1) is 6.10 Å². The zero-order chi connectivity index (χ0) is 7.40. The van der Waals surface area contributed by atoms with E-state index >= 15 is 0 Å². The summed E-state index contributed by atoms with van der Waals surface area (Å²) in [6.45, 7) is 0. The molecular weight excluding hydrogens is 146 g/mol. The summed E-state index contributed by atoms with van der Waals surface area (Å²) in [5.74, 6) is 0. The predicted octanol–water partition coefficient (Wildman–Crippen LogP) is 1.42. The third-order valence-electron chi connectivity index (χ3n) is 2.00. The average molecular weight is 161 g/mol. The molecule has 1 saturated carbocycles. The standard InChI is InChI=1S/C7H15NOS/c1-9-7-4-3-6(5-7)8-10-2/h6-8H,3-5H2,1-2H3. The molecule has 0 aromatic heterocycles. The molecule has 0 spiro atoms. The molecule has 2 unspecified atom stereocenters. The highest BCUT2D eigenvalue weighted by Crippen LogP contribution is 2.22. The number of hydrogen-bond donors (Lipinski definition) is 1. The van der Waals surface area contributed by atoms with Crippen LogP contribution in [0.4, 0.5) is 0 Å². The Hall–Kier alpha value is 0.270. The maximum atomic E-state index is 5.24. The highest BCUT2D eigenvalue weighted by molar-refractivity contribution is 7.96. The zero-order valence-electron chi connectivity index (χ0n) is 6.59. The maximum Gasteiger partial charge on any atom is 0.0587 e. The molecule has 0 aromatic carbocycles. The molecule has 1 N–H and O–H groups in total. The fraction of sp³-hybridized carbons (Fsp3) is 1.00. The van der Waals surface area contributed by atoms with E-state index in [0.29, 0.717) is 12.1 Å². The number of nitrogens with one attached hydrogen (secondary N) is 1. The van der Waals surface area contributed by atoms with E-state index in [-0.39, 0.29) is 0 Å². The van der Waals surface area contributed by atoms with Gasteiger partial charge < -0.3 is 4.74 Å². The summed E-state index contributed by atoms with van der Waals surface area (Å²) in [6, 6.07) is 0.681. The van der Waals surface area contributed by atoms with E-state index in [0.717, 1.165) is 0 Å². The van der Waals surface area contributed by atoms with Gasteiger partial charge in [-0.05, 0) is 25.5 Å². The first-order chi connectivity index (χ1) is 4.86. The molecule has 1 rings (SSSR count). The minimum Gasteiger partial charge on any atom is -0.381 e. The second kappa shape index (κ2) is 4.21. The quantitative estimate of drug-likeness (QED) is 0.633. The van der Waals surface area contributed by atoms with Crippen LogP contribution in [0.3, 0.4) is 0 Å². The lowest BCUT2D eigenvalue weighted by Gasteiger charge is -2.09. The first-order valence-corrected chi connectivity index (χ1v) is 4.90. The topological polar surface area (TPSA) is 21.3 Å². The lowest BCUT2D eigenvalue weighted by atomic mass is 10.3. The summed E-state index contributed by atoms with van der Waals surface area (Å²) in [5, 5.41) is 0. The van der Waals surface area contributed by atoms with Crippen molar-refractivity contribution in [3.05, 3.63) is 0 Å². The Morgan fingerprint density at radius 1 is 1.50 bits per heavy atom. The fourth-order valence-electron chi connectivity index (χ4n) is 1.43. The molecule has 0 saturated heterocycles. The number of ether oxygens (including phenoxy) is 1. The van der Waals surface area contributed by atoms with Gasteiger partial charge in [-0.15, -0.1) is 0 Å². The van der Waals surface area contributed by atoms with Crippen molar-refractivity contribution < 1.29 is 4.74 Å². The summed E-state index contributed by atoms with van der Waals surface area (Å²) in [4.78, 5) is 0. The Morgan fingerprint density at radius 2 is 2.30 bits per heavy atom. The van der Waals surface area contributed by atoms with Crippen molar-refractivity contribution in [2.45, 2.75) is 31.4 Å². The van der Waals surface area contributed by atoms with Gasteiger partial charge in [-0.3, -0.25) is 4.72 Å². The Labute approximate surface area is 66.8 Å². The first kappa shape index (κ1) is 8.37. The second-order valence-electron chi connectivity index (χ2n) is 2.69. The number of hydrogen-bond acceptors (Lipinski definition) is 3. The number of methoxy groups -OCH3 is 1. The van der Waals surface area contributed by atoms with E-state index in [2.05, 4.69) is 11.0 Å². The van der Waals surface area contributed by atoms with Crippen LogP contribution in [0, 0.1) is 0 Å². The highest BCUT2D eigenvalue weighted by Gasteiger charge is 2.23. The average Bonchev–Trinajstić information content (AvgIpc) is 2.37. The summed E-state index contributed by atoms with van der Waals surface area (Å²) in [6.07, 6.45) is 6.23. The summed E-state index contributed by atoms with van der Waals surface area (Å²) < 4.78 is 8.58. The van der Waals surface area contributed by atoms with Gasteiger partial charge in [0.15, 0.2) is 0 Å². The molecule has 0 amide bonds. The summed E-state index contributed by atoms with van der Waals surface area (Å²) in [5.41, 5.74) is 0. The minimum absolute atomic E-state index is 0.504. The van der Waals surface area contributed by atoms with Crippen LogP contribution in [0.2, 0.25) is 0 Å². The molecule has 0 aromatic rings. The van der Waals surface area contributed by atoms with Gasteiger partial charge in [0, 0.05) is 13.2 Å². The first-order valence-electron chi connectivity index (χ1n) is 3.68. The van der Waals surface area contributed by atoms with Gasteiger partial charge in [-0.25, -0.2) is 0 Å². The molecule has 2 nitrogen and oxygen atoms in total. The van der Waals surface area contributed by atoms with E-state index in [1.807, 2.05) is 0 Å². The van der Waals surface area contributed by atoms with Gasteiger partial charge in [0.2, 0.25) is 0 Å².